The van der Waals surface area contributed by atoms with Gasteiger partial charge in [0.1, 0.15) is 18.1 Å². The molecule has 0 saturated carbocycles. The van der Waals surface area contributed by atoms with Crippen molar-refractivity contribution in [3.63, 3.8) is 0 Å². The number of allylic oxidation sites excluding steroid dienone is 1. The predicted molar refractivity (Wildman–Crippen MR) is 204 cm³/mol. The second-order valence-electron chi connectivity index (χ2n) is 10.8. The van der Waals surface area contributed by atoms with Crippen LogP contribution in [0, 0.1) is 18.5 Å². The Morgan fingerprint density at radius 3 is 2.50 bits per heavy atom. The molecule has 5 aromatic rings. The highest BCUT2D eigenvalue weighted by atomic mass is 127. The number of fused-ring (bicyclic) bond motifs is 1. The number of thiazole rings is 1. The first-order chi connectivity index (χ1) is 23.3. The zero-order chi connectivity index (χ0) is 33.8. The summed E-state index contributed by atoms with van der Waals surface area (Å²) in [6.45, 7) is 4.43. The van der Waals surface area contributed by atoms with Gasteiger partial charge in [-0.25, -0.2) is 4.99 Å². The van der Waals surface area contributed by atoms with Gasteiger partial charge < -0.3 is 14.8 Å². The summed E-state index contributed by atoms with van der Waals surface area (Å²) in [5.41, 5.74) is 4.07. The Balaban J connectivity index is 1.46. The molecular formula is C37H28I2N4O4S. The van der Waals surface area contributed by atoms with E-state index >= 15 is 0 Å². The van der Waals surface area contributed by atoms with Crippen molar-refractivity contribution in [1.29, 1.82) is 5.26 Å². The number of hydrogen-bond donors (Lipinski definition) is 1. The summed E-state index contributed by atoms with van der Waals surface area (Å²) in [5.74, 6) is 0.968. The molecule has 1 N–H and O–H groups in total. The number of nitrogens with one attached hydrogen (secondary N) is 1. The molecule has 0 radical (unpaired) electrons. The van der Waals surface area contributed by atoms with E-state index in [1.54, 1.807) is 17.6 Å². The number of halogens is 2. The minimum absolute atomic E-state index is 0.194. The first-order valence-corrected chi connectivity index (χ1v) is 18.0. The van der Waals surface area contributed by atoms with Crippen molar-refractivity contribution in [3.8, 4) is 17.6 Å². The second kappa shape index (κ2) is 14.9. The smallest absolute Gasteiger partial charge is 0.271 e. The normalized spacial score (nSPS) is 14.1. The number of carbonyl (C=O) groups excluding carboxylic acids is 1. The molecule has 240 valence electrons. The molecule has 0 saturated heterocycles. The van der Waals surface area contributed by atoms with Crippen LogP contribution in [0.2, 0.25) is 0 Å². The molecule has 11 heteroatoms. The summed E-state index contributed by atoms with van der Waals surface area (Å²) in [6, 6.07) is 29.4. The van der Waals surface area contributed by atoms with Crippen LogP contribution in [-0.4, -0.2) is 17.1 Å². The average molecular weight is 879 g/mol. The van der Waals surface area contributed by atoms with E-state index in [-0.39, 0.29) is 18.1 Å². The number of nitriles is 1. The number of anilines is 1. The maximum atomic E-state index is 14.4. The topological polar surface area (TPSA) is 106 Å². The van der Waals surface area contributed by atoms with Crippen LogP contribution in [0.15, 0.2) is 112 Å². The Labute approximate surface area is 308 Å². The molecule has 48 heavy (non-hydrogen) atoms. The molecule has 4 aromatic carbocycles. The van der Waals surface area contributed by atoms with Crippen LogP contribution in [-0.2, 0) is 11.4 Å². The van der Waals surface area contributed by atoms with Gasteiger partial charge in [-0.2, -0.15) is 5.26 Å². The van der Waals surface area contributed by atoms with E-state index in [0.717, 1.165) is 23.8 Å². The monoisotopic (exact) mass is 878 g/mol. The Hall–Kier alpha value is -4.26. The van der Waals surface area contributed by atoms with Gasteiger partial charge in [-0.1, -0.05) is 59.9 Å². The lowest BCUT2D eigenvalue weighted by Crippen LogP contribution is -2.40. The molecule has 0 fully saturated rings. The van der Waals surface area contributed by atoms with Gasteiger partial charge in [0.15, 0.2) is 4.80 Å². The summed E-state index contributed by atoms with van der Waals surface area (Å²) in [7, 11) is 0. The van der Waals surface area contributed by atoms with Gasteiger partial charge in [0.2, 0.25) is 0 Å². The molecule has 0 aliphatic carbocycles. The quantitative estimate of drug-likeness (QED) is 0.162. The molecule has 1 amide bonds. The van der Waals surface area contributed by atoms with E-state index in [1.165, 1.54) is 11.3 Å². The number of hydrogen-bond acceptors (Lipinski definition) is 7. The van der Waals surface area contributed by atoms with Crippen molar-refractivity contribution in [1.82, 2.24) is 4.57 Å². The Kier molecular flexibility index (Phi) is 10.4. The Morgan fingerprint density at radius 2 is 1.77 bits per heavy atom. The number of para-hydroxylation sites is 1. The van der Waals surface area contributed by atoms with Gasteiger partial charge in [-0.15, -0.1) is 0 Å². The van der Waals surface area contributed by atoms with E-state index < -0.39 is 6.04 Å². The molecular weight excluding hydrogens is 850 g/mol. The highest BCUT2D eigenvalue weighted by molar-refractivity contribution is 14.1. The van der Waals surface area contributed by atoms with E-state index in [1.807, 2.05) is 97.9 Å². The van der Waals surface area contributed by atoms with Crippen LogP contribution < -0.4 is 29.7 Å². The lowest BCUT2D eigenvalue weighted by atomic mass is 9.95. The van der Waals surface area contributed by atoms with Crippen molar-refractivity contribution in [2.75, 3.05) is 11.9 Å². The number of benzene rings is 4. The largest absolute Gasteiger partial charge is 0.494 e. The van der Waals surface area contributed by atoms with Crippen molar-refractivity contribution >= 4 is 74.2 Å². The summed E-state index contributed by atoms with van der Waals surface area (Å²) < 4.78 is 15.9. The van der Waals surface area contributed by atoms with Crippen molar-refractivity contribution in [2.45, 2.75) is 26.5 Å². The number of rotatable bonds is 9. The standard InChI is InChI=1S/C37H28I2N4O4S/c1-3-46-29-15-13-23(14-16-29)33-32(35(44)42-28-11-5-4-6-12-28)22(2)41-37-43(33)36(45)31(48-37)18-26-17-27(38)19-30(39)34(26)47-21-25-10-8-7-9-24(25)20-40/h4-19,33H,3,21H2,1-2H3,(H,42,44)/b31-18-/t33-/m0/s1. The minimum atomic E-state index is -0.725. The molecule has 1 aliphatic rings. The van der Waals surface area contributed by atoms with Crippen molar-refractivity contribution in [3.05, 3.63) is 151 Å². The molecule has 1 aliphatic heterocycles. The Bertz CT molecular complexity index is 2270. The Morgan fingerprint density at radius 1 is 1.04 bits per heavy atom. The van der Waals surface area contributed by atoms with E-state index in [4.69, 9.17) is 14.5 Å². The highest BCUT2D eigenvalue weighted by Gasteiger charge is 2.32. The second-order valence-corrected chi connectivity index (χ2v) is 14.2. The van der Waals surface area contributed by atoms with Crippen molar-refractivity contribution in [2.24, 2.45) is 4.99 Å². The van der Waals surface area contributed by atoms with Gasteiger partial charge in [0.05, 0.1) is 43.7 Å². The van der Waals surface area contributed by atoms with Crippen LogP contribution in [0.25, 0.3) is 6.08 Å². The van der Waals surface area contributed by atoms with Gasteiger partial charge in [0, 0.05) is 20.4 Å². The third-order valence-electron chi connectivity index (χ3n) is 7.64. The lowest BCUT2D eigenvalue weighted by Gasteiger charge is -2.25. The molecule has 0 unspecified atom stereocenters. The van der Waals surface area contributed by atoms with E-state index in [2.05, 4.69) is 56.6 Å². The third kappa shape index (κ3) is 7.11. The van der Waals surface area contributed by atoms with Crippen LogP contribution in [0.5, 0.6) is 11.5 Å². The number of carbonyl (C=O) groups is 1. The molecule has 8 nitrogen and oxygen atoms in total. The summed E-state index contributed by atoms with van der Waals surface area (Å²) in [6.07, 6.45) is 1.82. The predicted octanol–water partition coefficient (Wildman–Crippen LogP) is 6.93. The van der Waals surface area contributed by atoms with Crippen LogP contribution in [0.1, 0.15) is 42.1 Å². The fourth-order valence-electron chi connectivity index (χ4n) is 5.45. The summed E-state index contributed by atoms with van der Waals surface area (Å²) in [4.78, 5) is 33.5. The first kappa shape index (κ1) is 33.6. The number of amides is 1. The zero-order valence-electron chi connectivity index (χ0n) is 25.9. The maximum Gasteiger partial charge on any atom is 0.271 e. The van der Waals surface area contributed by atoms with Crippen molar-refractivity contribution < 1.29 is 14.3 Å². The van der Waals surface area contributed by atoms with Crippen LogP contribution in [0.3, 0.4) is 0 Å². The summed E-state index contributed by atoms with van der Waals surface area (Å²) >= 11 is 5.73. The molecule has 0 bridgehead atoms. The van der Waals surface area contributed by atoms with Gasteiger partial charge in [-0.3, -0.25) is 14.2 Å². The SMILES string of the molecule is CCOc1ccc([C@H]2C(C(=O)Nc3ccccc3)=C(C)N=c3s/c(=C\c4cc(I)cc(I)c4OCc4ccccc4C#N)c(=O)n32)cc1. The maximum absolute atomic E-state index is 14.4. The third-order valence-corrected chi connectivity index (χ3v) is 10.0. The minimum Gasteiger partial charge on any atom is -0.494 e. The number of ether oxygens (including phenoxy) is 2. The summed E-state index contributed by atoms with van der Waals surface area (Å²) in [5, 5.41) is 12.5. The van der Waals surface area contributed by atoms with Gasteiger partial charge >= 0.3 is 0 Å². The van der Waals surface area contributed by atoms with Crippen LogP contribution >= 0.6 is 56.5 Å². The molecule has 2 heterocycles. The fourth-order valence-corrected chi connectivity index (χ4v) is 8.53. The lowest BCUT2D eigenvalue weighted by molar-refractivity contribution is -0.113. The average Bonchev–Trinajstić information content (AvgIpc) is 3.38. The molecule has 1 atom stereocenters. The van der Waals surface area contributed by atoms with E-state index in [9.17, 15) is 14.9 Å². The fraction of sp³-hybridized carbons (Fsp3) is 0.135. The van der Waals surface area contributed by atoms with Gasteiger partial charge in [0.25, 0.3) is 11.5 Å². The van der Waals surface area contributed by atoms with E-state index in [0.29, 0.717) is 50.0 Å². The van der Waals surface area contributed by atoms with Gasteiger partial charge in [-0.05, 0) is 113 Å². The number of nitrogens with zero attached hydrogens (tertiary/aromatic N) is 3. The molecule has 1 aromatic heterocycles. The first-order valence-electron chi connectivity index (χ1n) is 15.0. The number of aromatic nitrogens is 1. The molecule has 6 rings (SSSR count). The molecule has 0 spiro atoms. The van der Waals surface area contributed by atoms with Crippen LogP contribution in [0.4, 0.5) is 5.69 Å². The zero-order valence-corrected chi connectivity index (χ0v) is 31.0. The highest BCUT2D eigenvalue weighted by Crippen LogP contribution is 2.33.